The molecule has 0 spiro atoms. The van der Waals surface area contributed by atoms with E-state index in [1.165, 1.54) is 0 Å². The van der Waals surface area contributed by atoms with Crippen LogP contribution in [0.5, 0.6) is 0 Å². The number of urea groups is 1. The molecule has 0 bridgehead atoms. The first-order valence-electron chi connectivity index (χ1n) is 8.06. The molecule has 3 aromatic rings. The maximum Gasteiger partial charge on any atom is 0.318 e. The van der Waals surface area contributed by atoms with Crippen LogP contribution in [0.25, 0.3) is 11.3 Å². The first-order chi connectivity index (χ1) is 12.1. The molecule has 3 rings (SSSR count). The minimum absolute atomic E-state index is 0.0997. The summed E-state index contributed by atoms with van der Waals surface area (Å²) in [6.07, 6.45) is 1.73. The highest BCUT2D eigenvalue weighted by atomic mass is 32.1. The lowest BCUT2D eigenvalue weighted by atomic mass is 10.2. The highest BCUT2D eigenvalue weighted by Gasteiger charge is 2.18. The van der Waals surface area contributed by atoms with Crippen molar-refractivity contribution in [2.75, 3.05) is 7.05 Å². The smallest absolute Gasteiger partial charge is 0.318 e. The fourth-order valence-electron chi connectivity index (χ4n) is 2.41. The molecule has 0 fully saturated rings. The molecule has 0 saturated carbocycles. The van der Waals surface area contributed by atoms with Gasteiger partial charge in [0.1, 0.15) is 5.01 Å². The first kappa shape index (κ1) is 17.1. The molecule has 0 radical (unpaired) electrons. The largest absolute Gasteiger partial charge is 0.331 e. The normalized spacial score (nSPS) is 11.8. The minimum atomic E-state index is -0.144. The Balaban J connectivity index is 1.58. The molecular weight excluding hydrogens is 332 g/mol. The summed E-state index contributed by atoms with van der Waals surface area (Å²) in [5.74, 6) is 0. The fraction of sp³-hybridized carbons (Fsp3) is 0.211. The van der Waals surface area contributed by atoms with Crippen molar-refractivity contribution < 1.29 is 4.79 Å². The number of hydrogen-bond acceptors (Lipinski definition) is 4. The number of carbonyl (C=O) groups excluding carboxylic acids is 1. The molecule has 25 heavy (non-hydrogen) atoms. The number of rotatable bonds is 5. The number of benzene rings is 1. The van der Waals surface area contributed by atoms with Gasteiger partial charge in [0.2, 0.25) is 0 Å². The molecule has 1 atom stereocenters. The van der Waals surface area contributed by atoms with Crippen molar-refractivity contribution in [2.24, 2.45) is 0 Å². The Hall–Kier alpha value is -2.73. The van der Waals surface area contributed by atoms with E-state index in [9.17, 15) is 4.79 Å². The lowest BCUT2D eigenvalue weighted by Gasteiger charge is -2.24. The molecule has 1 unspecified atom stereocenters. The molecule has 0 aliphatic rings. The van der Waals surface area contributed by atoms with Crippen LogP contribution < -0.4 is 5.32 Å². The van der Waals surface area contributed by atoms with E-state index in [2.05, 4.69) is 15.3 Å². The number of pyridine rings is 1. The van der Waals surface area contributed by atoms with Gasteiger partial charge in [0.25, 0.3) is 0 Å². The average molecular weight is 352 g/mol. The van der Waals surface area contributed by atoms with Gasteiger partial charge in [-0.3, -0.25) is 4.98 Å². The first-order valence-corrected chi connectivity index (χ1v) is 8.94. The van der Waals surface area contributed by atoms with Gasteiger partial charge in [-0.1, -0.05) is 36.4 Å². The van der Waals surface area contributed by atoms with E-state index in [0.29, 0.717) is 6.54 Å². The molecule has 2 heterocycles. The summed E-state index contributed by atoms with van der Waals surface area (Å²) in [5.41, 5.74) is 2.88. The third-order valence-electron chi connectivity index (χ3n) is 4.03. The van der Waals surface area contributed by atoms with Gasteiger partial charge in [-0.2, -0.15) is 0 Å². The lowest BCUT2D eigenvalue weighted by Crippen LogP contribution is -2.38. The van der Waals surface area contributed by atoms with Crippen LogP contribution in [-0.4, -0.2) is 27.9 Å². The van der Waals surface area contributed by atoms with Crippen molar-refractivity contribution in [3.63, 3.8) is 0 Å². The number of aromatic nitrogens is 2. The third kappa shape index (κ3) is 4.22. The molecule has 1 aromatic carbocycles. The fourth-order valence-corrected chi connectivity index (χ4v) is 3.15. The van der Waals surface area contributed by atoms with Crippen LogP contribution in [0.1, 0.15) is 23.7 Å². The van der Waals surface area contributed by atoms with Crippen LogP contribution in [-0.2, 0) is 6.54 Å². The molecule has 0 aliphatic carbocycles. The summed E-state index contributed by atoms with van der Waals surface area (Å²) in [5, 5.41) is 5.81. The van der Waals surface area contributed by atoms with Crippen molar-refractivity contribution in [3.05, 3.63) is 70.8 Å². The Labute approximate surface area is 151 Å². The van der Waals surface area contributed by atoms with Gasteiger partial charge in [-0.05, 0) is 19.1 Å². The predicted octanol–water partition coefficient (Wildman–Crippen LogP) is 4.11. The second-order valence-electron chi connectivity index (χ2n) is 5.69. The van der Waals surface area contributed by atoms with E-state index < -0.39 is 0 Å². The zero-order valence-electron chi connectivity index (χ0n) is 14.2. The zero-order valence-corrected chi connectivity index (χ0v) is 15.0. The zero-order chi connectivity index (χ0) is 17.6. The Morgan fingerprint density at radius 3 is 2.68 bits per heavy atom. The number of thiazole rings is 1. The van der Waals surface area contributed by atoms with Crippen LogP contribution in [0, 0.1) is 0 Å². The van der Waals surface area contributed by atoms with E-state index >= 15 is 0 Å². The summed E-state index contributed by atoms with van der Waals surface area (Å²) in [6.45, 7) is 2.37. The van der Waals surface area contributed by atoms with E-state index in [0.717, 1.165) is 22.0 Å². The number of amides is 2. The van der Waals surface area contributed by atoms with E-state index in [1.807, 2.05) is 60.8 Å². The van der Waals surface area contributed by atoms with Gasteiger partial charge in [0.15, 0.2) is 0 Å². The third-order valence-corrected chi connectivity index (χ3v) is 4.88. The van der Waals surface area contributed by atoms with E-state index in [4.69, 9.17) is 0 Å². The maximum absolute atomic E-state index is 12.4. The highest BCUT2D eigenvalue weighted by molar-refractivity contribution is 7.09. The molecule has 0 saturated heterocycles. The quantitative estimate of drug-likeness (QED) is 0.752. The Kier molecular flexibility index (Phi) is 5.40. The molecule has 2 aromatic heterocycles. The number of hydrogen-bond donors (Lipinski definition) is 1. The number of nitrogens with zero attached hydrogens (tertiary/aromatic N) is 3. The molecule has 2 amide bonds. The summed E-state index contributed by atoms with van der Waals surface area (Å²) >= 11 is 1.55. The van der Waals surface area contributed by atoms with Crippen LogP contribution in [0.3, 0.4) is 0 Å². The van der Waals surface area contributed by atoms with Crippen LogP contribution in [0.2, 0.25) is 0 Å². The Bertz CT molecular complexity index is 820. The van der Waals surface area contributed by atoms with Gasteiger partial charge in [0, 0.05) is 24.2 Å². The van der Waals surface area contributed by atoms with E-state index in [-0.39, 0.29) is 12.1 Å². The van der Waals surface area contributed by atoms with Crippen molar-refractivity contribution in [3.8, 4) is 11.3 Å². The summed E-state index contributed by atoms with van der Waals surface area (Å²) in [4.78, 5) is 22.9. The molecule has 1 N–H and O–H groups in total. The van der Waals surface area contributed by atoms with Gasteiger partial charge in [-0.25, -0.2) is 9.78 Å². The second kappa shape index (κ2) is 7.90. The summed E-state index contributed by atoms with van der Waals surface area (Å²) in [7, 11) is 1.77. The van der Waals surface area contributed by atoms with Gasteiger partial charge < -0.3 is 10.2 Å². The van der Waals surface area contributed by atoms with Crippen molar-refractivity contribution in [1.82, 2.24) is 20.2 Å². The maximum atomic E-state index is 12.4. The lowest BCUT2D eigenvalue weighted by molar-refractivity contribution is 0.193. The van der Waals surface area contributed by atoms with Crippen molar-refractivity contribution >= 4 is 17.4 Å². The molecule has 128 valence electrons. The van der Waals surface area contributed by atoms with Crippen molar-refractivity contribution in [2.45, 2.75) is 19.5 Å². The summed E-state index contributed by atoms with van der Waals surface area (Å²) in [6, 6.07) is 15.5. The SMILES string of the molecule is CC(c1ccccn1)N(C)C(=O)NCc1nc(-c2ccccc2)cs1. The monoisotopic (exact) mass is 352 g/mol. The minimum Gasteiger partial charge on any atom is -0.331 e. The number of nitrogens with one attached hydrogen (secondary N) is 1. The molecule has 5 nitrogen and oxygen atoms in total. The van der Waals surface area contributed by atoms with Crippen LogP contribution in [0.15, 0.2) is 60.1 Å². The van der Waals surface area contributed by atoms with Crippen LogP contribution >= 0.6 is 11.3 Å². The standard InChI is InChI=1S/C19H20N4OS/c1-14(16-10-6-7-11-20-16)23(2)19(24)21-12-18-22-17(13-25-18)15-8-4-3-5-9-15/h3-11,13-14H,12H2,1-2H3,(H,21,24). The Morgan fingerprint density at radius 2 is 1.96 bits per heavy atom. The van der Waals surface area contributed by atoms with Gasteiger partial charge >= 0.3 is 6.03 Å². The second-order valence-corrected chi connectivity index (χ2v) is 6.64. The van der Waals surface area contributed by atoms with Gasteiger partial charge in [-0.15, -0.1) is 11.3 Å². The summed E-state index contributed by atoms with van der Waals surface area (Å²) < 4.78 is 0. The van der Waals surface area contributed by atoms with Gasteiger partial charge in [0.05, 0.1) is 24.0 Å². The van der Waals surface area contributed by atoms with E-state index in [1.54, 1.807) is 29.5 Å². The molecular formula is C19H20N4OS. The number of carbonyl (C=O) groups is 1. The van der Waals surface area contributed by atoms with Crippen LogP contribution in [0.4, 0.5) is 4.79 Å². The predicted molar refractivity (Wildman–Crippen MR) is 100 cm³/mol. The molecule has 0 aliphatic heterocycles. The van der Waals surface area contributed by atoms with Crippen molar-refractivity contribution in [1.29, 1.82) is 0 Å². The highest BCUT2D eigenvalue weighted by Crippen LogP contribution is 2.21. The molecule has 6 heteroatoms. The topological polar surface area (TPSA) is 58.1 Å². The average Bonchev–Trinajstić information content (AvgIpc) is 3.15. The Morgan fingerprint density at radius 1 is 1.20 bits per heavy atom.